The Balaban J connectivity index is 0.00000288. The van der Waals surface area contributed by atoms with Crippen molar-refractivity contribution in [2.45, 2.75) is 37.6 Å². The van der Waals surface area contributed by atoms with Crippen molar-refractivity contribution < 1.29 is 22.7 Å². The summed E-state index contributed by atoms with van der Waals surface area (Å²) < 4.78 is 42.9. The maximum Gasteiger partial charge on any atom is 0.416 e. The van der Waals surface area contributed by atoms with E-state index >= 15 is 0 Å². The zero-order chi connectivity index (χ0) is 17.0. The van der Waals surface area contributed by atoms with Crippen molar-refractivity contribution in [1.29, 1.82) is 0 Å². The Morgan fingerprint density at radius 2 is 1.96 bits per heavy atom. The molecule has 4 nitrogen and oxygen atoms in total. The Hall–Kier alpha value is -1.31. The number of methoxy groups -OCH3 is 1. The van der Waals surface area contributed by atoms with Gasteiger partial charge in [-0.25, -0.2) is 0 Å². The zero-order valence-electron chi connectivity index (χ0n) is 13.4. The standard InChI is InChI=1S/C16H21F3N2O2.ClH/c1-23-14-6-7-21(13(9-14)10-20)15(22)8-11-2-4-12(5-3-11)16(17,18)19;/h2-5,13-14H,6-10,20H2,1H3;1H. The van der Waals surface area contributed by atoms with Crippen molar-refractivity contribution in [1.82, 2.24) is 4.90 Å². The first-order valence-electron chi connectivity index (χ1n) is 7.53. The summed E-state index contributed by atoms with van der Waals surface area (Å²) in [6, 6.07) is 4.61. The average molecular weight is 367 g/mol. The van der Waals surface area contributed by atoms with Crippen LogP contribution in [0.1, 0.15) is 24.0 Å². The van der Waals surface area contributed by atoms with Crippen molar-refractivity contribution in [2.24, 2.45) is 5.73 Å². The van der Waals surface area contributed by atoms with E-state index in [0.717, 1.165) is 18.6 Å². The number of hydrogen-bond donors (Lipinski definition) is 1. The molecule has 0 aromatic heterocycles. The van der Waals surface area contributed by atoms with E-state index in [1.807, 2.05) is 0 Å². The maximum absolute atomic E-state index is 12.5. The summed E-state index contributed by atoms with van der Waals surface area (Å²) in [5.41, 5.74) is 5.58. The first-order valence-corrected chi connectivity index (χ1v) is 7.53. The third kappa shape index (κ3) is 5.09. The van der Waals surface area contributed by atoms with Gasteiger partial charge >= 0.3 is 6.18 Å². The Morgan fingerprint density at radius 1 is 1.33 bits per heavy atom. The van der Waals surface area contributed by atoms with Crippen molar-refractivity contribution in [3.05, 3.63) is 35.4 Å². The molecule has 1 heterocycles. The van der Waals surface area contributed by atoms with Crippen molar-refractivity contribution in [3.8, 4) is 0 Å². The Bertz CT molecular complexity index is 537. The highest BCUT2D eigenvalue weighted by molar-refractivity contribution is 5.85. The summed E-state index contributed by atoms with van der Waals surface area (Å²) in [6.07, 6.45) is -2.77. The summed E-state index contributed by atoms with van der Waals surface area (Å²) >= 11 is 0. The van der Waals surface area contributed by atoms with Gasteiger partial charge in [-0.1, -0.05) is 12.1 Å². The van der Waals surface area contributed by atoms with E-state index in [4.69, 9.17) is 10.5 Å². The fourth-order valence-corrected chi connectivity index (χ4v) is 2.87. The molecule has 8 heteroatoms. The molecule has 1 aliphatic heterocycles. The smallest absolute Gasteiger partial charge is 0.381 e. The summed E-state index contributed by atoms with van der Waals surface area (Å²) in [7, 11) is 1.64. The topological polar surface area (TPSA) is 55.6 Å². The van der Waals surface area contributed by atoms with Crippen molar-refractivity contribution in [2.75, 3.05) is 20.2 Å². The summed E-state index contributed by atoms with van der Waals surface area (Å²) in [4.78, 5) is 14.1. The van der Waals surface area contributed by atoms with Crippen LogP contribution in [-0.2, 0) is 22.1 Å². The van der Waals surface area contributed by atoms with Crippen LogP contribution >= 0.6 is 12.4 Å². The summed E-state index contributed by atoms with van der Waals surface area (Å²) in [5, 5.41) is 0. The molecule has 136 valence electrons. The Labute approximate surface area is 145 Å². The van der Waals surface area contributed by atoms with Gasteiger partial charge in [0.15, 0.2) is 0 Å². The number of amides is 1. The number of hydrogen-bond acceptors (Lipinski definition) is 3. The molecule has 1 fully saturated rings. The predicted octanol–water partition coefficient (Wildman–Crippen LogP) is 2.63. The number of nitrogens with two attached hydrogens (primary N) is 1. The van der Waals surface area contributed by atoms with Crippen LogP contribution in [0.25, 0.3) is 0 Å². The zero-order valence-corrected chi connectivity index (χ0v) is 14.2. The third-order valence-electron chi connectivity index (χ3n) is 4.23. The highest BCUT2D eigenvalue weighted by Crippen LogP contribution is 2.29. The van der Waals surface area contributed by atoms with Crippen LogP contribution in [0.5, 0.6) is 0 Å². The molecule has 24 heavy (non-hydrogen) atoms. The van der Waals surface area contributed by atoms with E-state index in [-0.39, 0.29) is 36.9 Å². The van der Waals surface area contributed by atoms with Gasteiger partial charge in [0, 0.05) is 26.2 Å². The maximum atomic E-state index is 12.5. The monoisotopic (exact) mass is 366 g/mol. The molecule has 0 spiro atoms. The molecule has 2 rings (SSSR count). The normalized spacial score (nSPS) is 21.3. The van der Waals surface area contributed by atoms with E-state index < -0.39 is 11.7 Å². The first kappa shape index (κ1) is 20.7. The lowest BCUT2D eigenvalue weighted by Gasteiger charge is -2.38. The van der Waals surface area contributed by atoms with Crippen LogP contribution < -0.4 is 5.73 Å². The minimum atomic E-state index is -4.37. The number of halogens is 4. The van der Waals surface area contributed by atoms with Gasteiger partial charge < -0.3 is 15.4 Å². The number of carbonyl (C=O) groups excluding carboxylic acids is 1. The number of carbonyl (C=O) groups is 1. The molecule has 2 atom stereocenters. The lowest BCUT2D eigenvalue weighted by molar-refractivity contribution is -0.137. The molecule has 0 radical (unpaired) electrons. The molecule has 0 saturated carbocycles. The molecule has 1 aromatic carbocycles. The van der Waals surface area contributed by atoms with E-state index in [1.165, 1.54) is 12.1 Å². The van der Waals surface area contributed by atoms with E-state index in [1.54, 1.807) is 12.0 Å². The number of likely N-dealkylation sites (tertiary alicyclic amines) is 1. The fraction of sp³-hybridized carbons (Fsp3) is 0.562. The van der Waals surface area contributed by atoms with E-state index in [0.29, 0.717) is 25.1 Å². The largest absolute Gasteiger partial charge is 0.416 e. The number of ether oxygens (including phenoxy) is 1. The van der Waals surface area contributed by atoms with Crippen LogP contribution in [0.2, 0.25) is 0 Å². The number of rotatable bonds is 4. The highest BCUT2D eigenvalue weighted by atomic mass is 35.5. The van der Waals surface area contributed by atoms with Gasteiger partial charge in [0.05, 0.1) is 18.1 Å². The third-order valence-corrected chi connectivity index (χ3v) is 4.23. The van der Waals surface area contributed by atoms with Crippen LogP contribution in [0, 0.1) is 0 Å². The predicted molar refractivity (Wildman–Crippen MR) is 87.0 cm³/mol. The van der Waals surface area contributed by atoms with Crippen LogP contribution in [0.3, 0.4) is 0 Å². The van der Waals surface area contributed by atoms with Gasteiger partial charge in [-0.15, -0.1) is 12.4 Å². The molecule has 2 unspecified atom stereocenters. The van der Waals surface area contributed by atoms with Gasteiger partial charge in [0.25, 0.3) is 0 Å². The van der Waals surface area contributed by atoms with Gasteiger partial charge in [-0.05, 0) is 30.5 Å². The molecule has 1 saturated heterocycles. The first-order chi connectivity index (χ1) is 10.8. The van der Waals surface area contributed by atoms with Crippen LogP contribution in [0.15, 0.2) is 24.3 Å². The number of piperidine rings is 1. The minimum absolute atomic E-state index is 0. The molecule has 1 aliphatic rings. The van der Waals surface area contributed by atoms with E-state index in [9.17, 15) is 18.0 Å². The number of nitrogens with zero attached hydrogens (tertiary/aromatic N) is 1. The molecule has 1 aromatic rings. The van der Waals surface area contributed by atoms with Gasteiger partial charge in [0.2, 0.25) is 5.91 Å². The second-order valence-corrected chi connectivity index (χ2v) is 5.73. The fourth-order valence-electron chi connectivity index (χ4n) is 2.87. The SMILES string of the molecule is COC1CCN(C(=O)Cc2ccc(C(F)(F)F)cc2)C(CN)C1.Cl. The lowest BCUT2D eigenvalue weighted by Crippen LogP contribution is -2.51. The Morgan fingerprint density at radius 3 is 2.46 bits per heavy atom. The molecule has 2 N–H and O–H groups in total. The molecular formula is C16H22ClF3N2O2. The molecule has 0 bridgehead atoms. The van der Waals surface area contributed by atoms with Crippen molar-refractivity contribution in [3.63, 3.8) is 0 Å². The van der Waals surface area contributed by atoms with Gasteiger partial charge in [-0.3, -0.25) is 4.79 Å². The van der Waals surface area contributed by atoms with E-state index in [2.05, 4.69) is 0 Å². The quantitative estimate of drug-likeness (QED) is 0.891. The number of benzene rings is 1. The van der Waals surface area contributed by atoms with Crippen LogP contribution in [-0.4, -0.2) is 43.2 Å². The van der Waals surface area contributed by atoms with Gasteiger partial charge in [0.1, 0.15) is 0 Å². The van der Waals surface area contributed by atoms with Crippen molar-refractivity contribution >= 4 is 18.3 Å². The minimum Gasteiger partial charge on any atom is -0.381 e. The summed E-state index contributed by atoms with van der Waals surface area (Å²) in [6.45, 7) is 0.901. The van der Waals surface area contributed by atoms with Crippen LogP contribution in [0.4, 0.5) is 13.2 Å². The highest BCUT2D eigenvalue weighted by Gasteiger charge is 2.32. The average Bonchev–Trinajstić information content (AvgIpc) is 2.53. The molecular weight excluding hydrogens is 345 g/mol. The lowest BCUT2D eigenvalue weighted by atomic mass is 9.98. The second-order valence-electron chi connectivity index (χ2n) is 5.73. The number of alkyl halides is 3. The Kier molecular flexibility index (Phi) is 7.51. The molecule has 1 amide bonds. The summed E-state index contributed by atoms with van der Waals surface area (Å²) in [5.74, 6) is -0.116. The van der Waals surface area contributed by atoms with Gasteiger partial charge in [-0.2, -0.15) is 13.2 Å². The second kappa shape index (κ2) is 8.69. The molecule has 0 aliphatic carbocycles.